The van der Waals surface area contributed by atoms with E-state index in [1.165, 1.54) is 4.90 Å². The van der Waals surface area contributed by atoms with Gasteiger partial charge in [-0.05, 0) is 81.3 Å². The number of hydrogen-bond acceptors (Lipinski definition) is 6. The predicted octanol–water partition coefficient (Wildman–Crippen LogP) is 1.86. The molecule has 0 bridgehead atoms. The number of carboxylic acid groups (broad SMARTS) is 1. The van der Waals surface area contributed by atoms with E-state index >= 15 is 0 Å². The third-order valence-electron chi connectivity index (χ3n) is 7.43. The summed E-state index contributed by atoms with van der Waals surface area (Å²) in [6, 6.07) is 4.89. The number of imide groups is 1. The fraction of sp³-hybridized carbons (Fsp3) is 0.600. The van der Waals surface area contributed by atoms with Crippen LogP contribution in [0.2, 0.25) is 0 Å². The molecule has 10 nitrogen and oxygen atoms in total. The van der Waals surface area contributed by atoms with Crippen LogP contribution in [0.4, 0.5) is 10.5 Å². The zero-order valence-corrected chi connectivity index (χ0v) is 20.2. The van der Waals surface area contributed by atoms with Crippen LogP contribution in [0.25, 0.3) is 0 Å². The van der Waals surface area contributed by atoms with Crippen molar-refractivity contribution in [2.45, 2.75) is 39.0 Å². The van der Waals surface area contributed by atoms with E-state index in [0.29, 0.717) is 29.8 Å². The van der Waals surface area contributed by atoms with E-state index in [1.54, 1.807) is 18.2 Å². The Bertz CT molecular complexity index is 967. The van der Waals surface area contributed by atoms with Gasteiger partial charge in [0.15, 0.2) is 6.61 Å². The second-order valence-corrected chi connectivity index (χ2v) is 9.72. The molecule has 0 aliphatic carbocycles. The first-order valence-electron chi connectivity index (χ1n) is 12.4. The molecule has 35 heavy (non-hydrogen) atoms. The lowest BCUT2D eigenvalue weighted by Crippen LogP contribution is -2.49. The average molecular weight is 487 g/mol. The number of nitrogens with zero attached hydrogens (tertiary/aromatic N) is 3. The first kappa shape index (κ1) is 25.0. The smallest absolute Gasteiger partial charge is 0.328 e. The maximum atomic E-state index is 12.7. The molecule has 190 valence electrons. The van der Waals surface area contributed by atoms with Crippen molar-refractivity contribution in [1.29, 1.82) is 0 Å². The largest absolute Gasteiger partial charge is 0.484 e. The van der Waals surface area contributed by atoms with Gasteiger partial charge in [-0.25, -0.2) is 4.79 Å². The van der Waals surface area contributed by atoms with Gasteiger partial charge in [-0.3, -0.25) is 29.5 Å². The number of aliphatic carboxylic acids is 1. The highest BCUT2D eigenvalue weighted by Gasteiger charge is 2.31. The number of carbonyl (C=O) groups excluding carboxylic acids is 3. The fourth-order valence-electron chi connectivity index (χ4n) is 5.44. The van der Waals surface area contributed by atoms with Gasteiger partial charge in [0.25, 0.3) is 5.91 Å². The van der Waals surface area contributed by atoms with Crippen molar-refractivity contribution in [2.75, 3.05) is 50.8 Å². The molecule has 3 aliphatic rings. The molecule has 3 saturated heterocycles. The van der Waals surface area contributed by atoms with Gasteiger partial charge in [-0.15, -0.1) is 0 Å². The normalized spacial score (nSPS) is 20.6. The maximum Gasteiger partial charge on any atom is 0.328 e. The number of likely N-dealkylation sites (tertiary alicyclic amines) is 2. The Hall–Kier alpha value is -3.14. The summed E-state index contributed by atoms with van der Waals surface area (Å²) in [5.74, 6) is 0.689. The molecule has 0 spiro atoms. The number of piperidine rings is 2. The van der Waals surface area contributed by atoms with Crippen LogP contribution in [0.1, 0.15) is 37.7 Å². The number of carbonyl (C=O) groups is 4. The summed E-state index contributed by atoms with van der Waals surface area (Å²) in [6.07, 6.45) is 4.27. The highest BCUT2D eigenvalue weighted by atomic mass is 16.5. The fourth-order valence-corrected chi connectivity index (χ4v) is 5.44. The minimum atomic E-state index is -0.768. The SMILES string of the molecule is Cc1cc(OCC(=O)N2CCC(C3CCN(CC(=O)O)CC3)CC2)ccc1N1CCC(=O)NC1=O. The first-order valence-corrected chi connectivity index (χ1v) is 12.4. The molecule has 0 aromatic heterocycles. The van der Waals surface area contributed by atoms with E-state index in [1.807, 2.05) is 16.7 Å². The van der Waals surface area contributed by atoms with Crippen molar-refractivity contribution in [3.8, 4) is 5.75 Å². The Morgan fingerprint density at radius 3 is 2.29 bits per heavy atom. The van der Waals surface area contributed by atoms with Crippen LogP contribution < -0.4 is 15.0 Å². The minimum absolute atomic E-state index is 0.0320. The number of benzene rings is 1. The van der Waals surface area contributed by atoms with E-state index in [-0.39, 0.29) is 31.4 Å². The molecule has 3 heterocycles. The summed E-state index contributed by atoms with van der Waals surface area (Å²) >= 11 is 0. The molecule has 10 heteroatoms. The van der Waals surface area contributed by atoms with Crippen molar-refractivity contribution in [1.82, 2.24) is 15.1 Å². The predicted molar refractivity (Wildman–Crippen MR) is 128 cm³/mol. The van der Waals surface area contributed by atoms with Gasteiger partial charge in [-0.2, -0.15) is 0 Å². The van der Waals surface area contributed by atoms with E-state index in [2.05, 4.69) is 5.32 Å². The van der Waals surface area contributed by atoms with Crippen LogP contribution in [0.15, 0.2) is 18.2 Å². The number of amides is 4. The zero-order chi connectivity index (χ0) is 24.9. The van der Waals surface area contributed by atoms with Crippen LogP contribution in [0, 0.1) is 18.8 Å². The van der Waals surface area contributed by atoms with Crippen LogP contribution in [-0.2, 0) is 14.4 Å². The molecule has 4 rings (SSSR count). The minimum Gasteiger partial charge on any atom is -0.484 e. The molecule has 0 atom stereocenters. The van der Waals surface area contributed by atoms with Crippen LogP contribution in [0.5, 0.6) is 5.75 Å². The number of urea groups is 1. The number of anilines is 1. The monoisotopic (exact) mass is 486 g/mol. The Morgan fingerprint density at radius 2 is 1.69 bits per heavy atom. The molecule has 1 aromatic rings. The molecule has 2 N–H and O–H groups in total. The Morgan fingerprint density at radius 1 is 1.03 bits per heavy atom. The molecule has 1 aromatic carbocycles. The quantitative estimate of drug-likeness (QED) is 0.604. The molecule has 0 saturated carbocycles. The van der Waals surface area contributed by atoms with Crippen molar-refractivity contribution < 1.29 is 29.0 Å². The van der Waals surface area contributed by atoms with E-state index in [9.17, 15) is 19.2 Å². The lowest BCUT2D eigenvalue weighted by atomic mass is 9.79. The van der Waals surface area contributed by atoms with Gasteiger partial charge in [0, 0.05) is 31.7 Å². The second-order valence-electron chi connectivity index (χ2n) is 9.72. The van der Waals surface area contributed by atoms with E-state index in [0.717, 1.165) is 57.4 Å². The Balaban J connectivity index is 1.21. The van der Waals surface area contributed by atoms with Gasteiger partial charge in [0.2, 0.25) is 5.91 Å². The first-order chi connectivity index (χ1) is 16.8. The number of carboxylic acids is 1. The van der Waals surface area contributed by atoms with E-state index in [4.69, 9.17) is 9.84 Å². The van der Waals surface area contributed by atoms with E-state index < -0.39 is 12.0 Å². The summed E-state index contributed by atoms with van der Waals surface area (Å²) < 4.78 is 5.76. The van der Waals surface area contributed by atoms with Gasteiger partial charge in [-0.1, -0.05) is 0 Å². The third-order valence-corrected chi connectivity index (χ3v) is 7.43. The van der Waals surface area contributed by atoms with Crippen molar-refractivity contribution in [3.63, 3.8) is 0 Å². The Kier molecular flexibility index (Phi) is 7.90. The van der Waals surface area contributed by atoms with Crippen molar-refractivity contribution >= 4 is 29.5 Å². The Labute approximate surface area is 205 Å². The lowest BCUT2D eigenvalue weighted by molar-refractivity contribution is -0.138. The highest BCUT2D eigenvalue weighted by Crippen LogP contribution is 2.32. The number of aryl methyl sites for hydroxylation is 1. The molecule has 4 amide bonds. The standard InChI is InChI=1S/C25H34N4O6/c1-17-14-20(2-3-21(17)29-13-8-22(30)26-25(29)34)35-16-23(31)28-11-6-19(7-12-28)18-4-9-27(10-5-18)15-24(32)33/h2-3,14,18-19H,4-13,15-16H2,1H3,(H,32,33)(H,26,30,34). The summed E-state index contributed by atoms with van der Waals surface area (Å²) in [6.45, 7) is 5.41. The number of rotatable bonds is 7. The summed E-state index contributed by atoms with van der Waals surface area (Å²) in [5.41, 5.74) is 1.54. The topological polar surface area (TPSA) is 119 Å². The molecule has 3 aliphatic heterocycles. The summed E-state index contributed by atoms with van der Waals surface area (Å²) in [4.78, 5) is 52.5. The zero-order valence-electron chi connectivity index (χ0n) is 20.2. The number of hydrogen-bond donors (Lipinski definition) is 2. The molecular formula is C25H34N4O6. The highest BCUT2D eigenvalue weighted by molar-refractivity contribution is 6.05. The van der Waals surface area contributed by atoms with Crippen LogP contribution >= 0.6 is 0 Å². The van der Waals surface area contributed by atoms with Gasteiger partial charge in [0.1, 0.15) is 5.75 Å². The van der Waals surface area contributed by atoms with Crippen molar-refractivity contribution in [2.24, 2.45) is 11.8 Å². The third kappa shape index (κ3) is 6.30. The molecule has 0 unspecified atom stereocenters. The molecule has 3 fully saturated rings. The molecule has 0 radical (unpaired) electrons. The number of ether oxygens (including phenoxy) is 1. The second kappa shape index (κ2) is 11.1. The van der Waals surface area contributed by atoms with Crippen molar-refractivity contribution in [3.05, 3.63) is 23.8 Å². The van der Waals surface area contributed by atoms with Crippen LogP contribution in [0.3, 0.4) is 0 Å². The lowest BCUT2D eigenvalue weighted by Gasteiger charge is -2.39. The van der Waals surface area contributed by atoms with Gasteiger partial charge < -0.3 is 14.7 Å². The average Bonchev–Trinajstić information content (AvgIpc) is 2.83. The molecular weight excluding hydrogens is 452 g/mol. The number of nitrogens with one attached hydrogen (secondary N) is 1. The summed E-state index contributed by atoms with van der Waals surface area (Å²) in [5, 5.41) is 11.3. The van der Waals surface area contributed by atoms with Gasteiger partial charge in [0.05, 0.1) is 6.54 Å². The van der Waals surface area contributed by atoms with Crippen LogP contribution in [-0.4, -0.2) is 84.6 Å². The van der Waals surface area contributed by atoms with Gasteiger partial charge >= 0.3 is 12.0 Å². The summed E-state index contributed by atoms with van der Waals surface area (Å²) in [7, 11) is 0. The maximum absolute atomic E-state index is 12.7.